The number of halogens is 1. The highest BCUT2D eigenvalue weighted by Gasteiger charge is 2.22. The van der Waals surface area contributed by atoms with E-state index in [1.54, 1.807) is 7.11 Å². The van der Waals surface area contributed by atoms with Crippen LogP contribution in [0.1, 0.15) is 18.1 Å². The van der Waals surface area contributed by atoms with Gasteiger partial charge in [0.05, 0.1) is 6.61 Å². The average Bonchev–Trinajstić information content (AvgIpc) is 2.49. The number of ether oxygens (including phenoxy) is 1. The second-order valence-corrected chi connectivity index (χ2v) is 6.05. The summed E-state index contributed by atoms with van der Waals surface area (Å²) in [6, 6.07) is 15.6. The van der Waals surface area contributed by atoms with E-state index in [0.29, 0.717) is 13.2 Å². The Hall–Kier alpha value is -1.36. The molecule has 0 spiro atoms. The van der Waals surface area contributed by atoms with Crippen molar-refractivity contribution >= 4 is 21.6 Å². The molecule has 0 bridgehead atoms. The monoisotopic (exact) mass is 349 g/mol. The van der Waals surface area contributed by atoms with Gasteiger partial charge in [0.2, 0.25) is 0 Å². The molecule has 0 radical (unpaired) electrons. The van der Waals surface area contributed by atoms with Crippen LogP contribution >= 0.6 is 15.9 Å². The zero-order valence-electron chi connectivity index (χ0n) is 12.3. The number of hydrogen-bond donors (Lipinski definition) is 2. The normalized spacial score (nSPS) is 13.7. The number of rotatable bonds is 6. The SMILES string of the molecule is COCc1c(Br)cccc1NCC(C)(O)c1ccccc1. The van der Waals surface area contributed by atoms with Crippen LogP contribution in [-0.4, -0.2) is 18.8 Å². The second kappa shape index (κ2) is 7.07. The summed E-state index contributed by atoms with van der Waals surface area (Å²) < 4.78 is 6.23. The zero-order chi connectivity index (χ0) is 15.3. The molecule has 2 aromatic carbocycles. The van der Waals surface area contributed by atoms with Crippen LogP contribution in [0.5, 0.6) is 0 Å². The summed E-state index contributed by atoms with van der Waals surface area (Å²) in [7, 11) is 1.67. The molecule has 112 valence electrons. The first-order chi connectivity index (χ1) is 10.0. The predicted molar refractivity (Wildman–Crippen MR) is 89.4 cm³/mol. The van der Waals surface area contributed by atoms with Gasteiger partial charge >= 0.3 is 0 Å². The molecule has 0 saturated carbocycles. The van der Waals surface area contributed by atoms with Gasteiger partial charge in [-0.3, -0.25) is 0 Å². The molecule has 1 unspecified atom stereocenters. The Morgan fingerprint density at radius 3 is 2.52 bits per heavy atom. The number of hydrogen-bond acceptors (Lipinski definition) is 3. The summed E-state index contributed by atoms with van der Waals surface area (Å²) in [5.41, 5.74) is 1.96. The zero-order valence-corrected chi connectivity index (χ0v) is 13.9. The maximum Gasteiger partial charge on any atom is 0.104 e. The fourth-order valence-corrected chi connectivity index (χ4v) is 2.66. The minimum atomic E-state index is -0.937. The minimum Gasteiger partial charge on any atom is -0.384 e. The molecule has 1 atom stereocenters. The van der Waals surface area contributed by atoms with E-state index in [9.17, 15) is 5.11 Å². The van der Waals surface area contributed by atoms with Crippen molar-refractivity contribution in [2.75, 3.05) is 19.0 Å². The highest BCUT2D eigenvalue weighted by molar-refractivity contribution is 9.10. The molecule has 0 saturated heterocycles. The van der Waals surface area contributed by atoms with Gasteiger partial charge in [-0.1, -0.05) is 52.3 Å². The lowest BCUT2D eigenvalue weighted by molar-refractivity contribution is 0.0714. The molecule has 2 N–H and O–H groups in total. The molecule has 0 aliphatic rings. The van der Waals surface area contributed by atoms with E-state index >= 15 is 0 Å². The Balaban J connectivity index is 2.14. The number of aliphatic hydroxyl groups is 1. The third-order valence-corrected chi connectivity index (χ3v) is 4.17. The Morgan fingerprint density at radius 1 is 1.14 bits per heavy atom. The van der Waals surface area contributed by atoms with Gasteiger partial charge in [0.25, 0.3) is 0 Å². The van der Waals surface area contributed by atoms with Crippen LogP contribution in [-0.2, 0) is 16.9 Å². The standard InChI is InChI=1S/C17H20BrNO2/c1-17(20,13-7-4-3-5-8-13)12-19-16-10-6-9-15(18)14(16)11-21-2/h3-10,19-20H,11-12H2,1-2H3. The van der Waals surface area contributed by atoms with Gasteiger partial charge < -0.3 is 15.2 Å². The third-order valence-electron chi connectivity index (χ3n) is 3.43. The summed E-state index contributed by atoms with van der Waals surface area (Å²) in [6.45, 7) is 2.74. The van der Waals surface area contributed by atoms with Crippen molar-refractivity contribution < 1.29 is 9.84 Å². The van der Waals surface area contributed by atoms with E-state index in [1.165, 1.54) is 0 Å². The molecule has 2 aromatic rings. The van der Waals surface area contributed by atoms with Crippen molar-refractivity contribution in [2.24, 2.45) is 0 Å². The van der Waals surface area contributed by atoms with Crippen LogP contribution < -0.4 is 5.32 Å². The molecule has 4 heteroatoms. The summed E-state index contributed by atoms with van der Waals surface area (Å²) in [5, 5.41) is 13.9. The van der Waals surface area contributed by atoms with Gasteiger partial charge in [-0.2, -0.15) is 0 Å². The van der Waals surface area contributed by atoms with Crippen LogP contribution in [0, 0.1) is 0 Å². The van der Waals surface area contributed by atoms with E-state index in [2.05, 4.69) is 21.2 Å². The van der Waals surface area contributed by atoms with Crippen LogP contribution in [0.4, 0.5) is 5.69 Å². The Labute approximate surface area is 134 Å². The first-order valence-electron chi connectivity index (χ1n) is 6.82. The van der Waals surface area contributed by atoms with Crippen molar-refractivity contribution in [3.63, 3.8) is 0 Å². The molecular formula is C17H20BrNO2. The summed E-state index contributed by atoms with van der Waals surface area (Å²) in [4.78, 5) is 0. The van der Waals surface area contributed by atoms with Crippen LogP contribution in [0.15, 0.2) is 53.0 Å². The fraction of sp³-hybridized carbons (Fsp3) is 0.294. The van der Waals surface area contributed by atoms with Crippen molar-refractivity contribution in [3.8, 4) is 0 Å². The van der Waals surface area contributed by atoms with Gasteiger partial charge in [-0.15, -0.1) is 0 Å². The van der Waals surface area contributed by atoms with Crippen LogP contribution in [0.25, 0.3) is 0 Å². The van der Waals surface area contributed by atoms with Crippen molar-refractivity contribution in [3.05, 3.63) is 64.1 Å². The predicted octanol–water partition coefficient (Wildman–Crippen LogP) is 3.92. The van der Waals surface area contributed by atoms with Crippen molar-refractivity contribution in [1.29, 1.82) is 0 Å². The molecule has 0 amide bonds. The maximum atomic E-state index is 10.6. The number of methoxy groups -OCH3 is 1. The van der Waals surface area contributed by atoms with E-state index in [4.69, 9.17) is 4.74 Å². The number of benzene rings is 2. The molecule has 0 aliphatic heterocycles. The van der Waals surface area contributed by atoms with Gasteiger partial charge in [0.1, 0.15) is 5.60 Å². The number of anilines is 1. The average molecular weight is 350 g/mol. The highest BCUT2D eigenvalue weighted by Crippen LogP contribution is 2.27. The maximum absolute atomic E-state index is 10.6. The fourth-order valence-electron chi connectivity index (χ4n) is 2.18. The molecule has 2 rings (SSSR count). The second-order valence-electron chi connectivity index (χ2n) is 5.19. The third kappa shape index (κ3) is 4.06. The number of nitrogens with one attached hydrogen (secondary N) is 1. The van der Waals surface area contributed by atoms with Gasteiger partial charge in [-0.05, 0) is 24.6 Å². The smallest absolute Gasteiger partial charge is 0.104 e. The van der Waals surface area contributed by atoms with E-state index in [-0.39, 0.29) is 0 Å². The van der Waals surface area contributed by atoms with Crippen molar-refractivity contribution in [1.82, 2.24) is 0 Å². The molecule has 0 aromatic heterocycles. The molecule has 21 heavy (non-hydrogen) atoms. The topological polar surface area (TPSA) is 41.5 Å². The molecule has 0 heterocycles. The quantitative estimate of drug-likeness (QED) is 0.830. The Bertz CT molecular complexity index is 585. The Kier molecular flexibility index (Phi) is 5.39. The largest absolute Gasteiger partial charge is 0.384 e. The molecule has 0 aliphatic carbocycles. The molecular weight excluding hydrogens is 330 g/mol. The summed E-state index contributed by atoms with van der Waals surface area (Å²) >= 11 is 3.53. The highest BCUT2D eigenvalue weighted by atomic mass is 79.9. The van der Waals surface area contributed by atoms with E-state index < -0.39 is 5.60 Å². The van der Waals surface area contributed by atoms with Gasteiger partial charge in [-0.25, -0.2) is 0 Å². The Morgan fingerprint density at radius 2 is 1.86 bits per heavy atom. The summed E-state index contributed by atoms with van der Waals surface area (Å²) in [6.07, 6.45) is 0. The lowest BCUT2D eigenvalue weighted by atomic mass is 9.96. The van der Waals surface area contributed by atoms with Gasteiger partial charge in [0.15, 0.2) is 0 Å². The minimum absolute atomic E-state index is 0.421. The lowest BCUT2D eigenvalue weighted by Gasteiger charge is -2.25. The van der Waals surface area contributed by atoms with E-state index in [1.807, 2.05) is 55.5 Å². The van der Waals surface area contributed by atoms with Gasteiger partial charge in [0, 0.05) is 29.4 Å². The lowest BCUT2D eigenvalue weighted by Crippen LogP contribution is -2.31. The van der Waals surface area contributed by atoms with Crippen molar-refractivity contribution in [2.45, 2.75) is 19.1 Å². The first kappa shape index (κ1) is 16.0. The molecule has 3 nitrogen and oxygen atoms in total. The first-order valence-corrected chi connectivity index (χ1v) is 7.62. The summed E-state index contributed by atoms with van der Waals surface area (Å²) in [5.74, 6) is 0. The van der Waals surface area contributed by atoms with E-state index in [0.717, 1.165) is 21.3 Å². The van der Waals surface area contributed by atoms with Crippen LogP contribution in [0.2, 0.25) is 0 Å². The molecule has 0 fully saturated rings. The van der Waals surface area contributed by atoms with Crippen LogP contribution in [0.3, 0.4) is 0 Å².